The third-order valence-electron chi connectivity index (χ3n) is 2.08. The van der Waals surface area contributed by atoms with Gasteiger partial charge in [0.25, 0.3) is 0 Å². The predicted octanol–water partition coefficient (Wildman–Crippen LogP) is 2.99. The van der Waals surface area contributed by atoms with Crippen LogP contribution in [0.1, 0.15) is 28.7 Å². The molecule has 1 heterocycles. The zero-order valence-electron chi connectivity index (χ0n) is 10.1. The van der Waals surface area contributed by atoms with Crippen LogP contribution >= 0.6 is 11.3 Å². The molecule has 0 amide bonds. The summed E-state index contributed by atoms with van der Waals surface area (Å²) in [4.78, 5) is 15.8. The van der Waals surface area contributed by atoms with Gasteiger partial charge < -0.3 is 10.1 Å². The second-order valence-corrected chi connectivity index (χ2v) is 4.98. The number of alkyl halides is 3. The van der Waals surface area contributed by atoms with Gasteiger partial charge in [-0.1, -0.05) is 0 Å². The van der Waals surface area contributed by atoms with E-state index in [4.69, 9.17) is 0 Å². The van der Waals surface area contributed by atoms with E-state index >= 15 is 0 Å². The Labute approximate surface area is 106 Å². The molecule has 8 heteroatoms. The number of ether oxygens (including phenoxy) is 1. The van der Waals surface area contributed by atoms with Crippen molar-refractivity contribution in [1.29, 1.82) is 0 Å². The number of thiazole rings is 1. The number of methoxy groups -OCH3 is 1. The van der Waals surface area contributed by atoms with Crippen molar-refractivity contribution in [3.63, 3.8) is 0 Å². The summed E-state index contributed by atoms with van der Waals surface area (Å²) in [5.41, 5.74) is 0.129. The van der Waals surface area contributed by atoms with Crippen LogP contribution in [0.25, 0.3) is 0 Å². The lowest BCUT2D eigenvalue weighted by Crippen LogP contribution is -2.23. The second kappa shape index (κ2) is 5.55. The number of aryl methyl sites for hydroxylation is 1. The van der Waals surface area contributed by atoms with Gasteiger partial charge in [-0.15, -0.1) is 11.3 Å². The number of nitrogens with zero attached hydrogens (tertiary/aromatic N) is 1. The van der Waals surface area contributed by atoms with Crippen molar-refractivity contribution >= 4 is 22.4 Å². The summed E-state index contributed by atoms with van der Waals surface area (Å²) >= 11 is 1.12. The maximum atomic E-state index is 12.1. The van der Waals surface area contributed by atoms with E-state index in [1.807, 2.05) is 0 Å². The molecule has 1 aromatic rings. The van der Waals surface area contributed by atoms with E-state index in [2.05, 4.69) is 15.0 Å². The Bertz CT molecular complexity index is 431. The van der Waals surface area contributed by atoms with Gasteiger partial charge in [-0.2, -0.15) is 13.2 Å². The molecular weight excluding hydrogens is 269 g/mol. The average molecular weight is 282 g/mol. The normalized spacial score (nSPS) is 13.2. The molecule has 102 valence electrons. The van der Waals surface area contributed by atoms with Gasteiger partial charge >= 0.3 is 12.1 Å². The number of halogens is 3. The van der Waals surface area contributed by atoms with Crippen LogP contribution in [0.4, 0.5) is 18.3 Å². The smallest absolute Gasteiger partial charge is 0.391 e. The second-order valence-electron chi connectivity index (χ2n) is 3.78. The number of anilines is 1. The Morgan fingerprint density at radius 2 is 2.17 bits per heavy atom. The number of nitrogens with one attached hydrogen (secondary N) is 1. The Morgan fingerprint density at radius 3 is 2.67 bits per heavy atom. The first-order chi connectivity index (χ1) is 8.23. The minimum atomic E-state index is -4.23. The largest absolute Gasteiger partial charge is 0.464 e. The molecule has 1 unspecified atom stereocenters. The van der Waals surface area contributed by atoms with Crippen LogP contribution in [0.2, 0.25) is 0 Å². The van der Waals surface area contributed by atoms with Crippen molar-refractivity contribution in [3.8, 4) is 0 Å². The summed E-state index contributed by atoms with van der Waals surface area (Å²) in [5, 5.41) is 2.90. The van der Waals surface area contributed by atoms with Crippen molar-refractivity contribution in [2.45, 2.75) is 32.5 Å². The van der Waals surface area contributed by atoms with Crippen LogP contribution in [0.5, 0.6) is 0 Å². The maximum Gasteiger partial charge on any atom is 0.391 e. The Morgan fingerprint density at radius 1 is 1.56 bits per heavy atom. The SMILES string of the molecule is COC(=O)c1nc(NC(C)CC(F)(F)F)sc1C. The van der Waals surface area contributed by atoms with E-state index in [9.17, 15) is 18.0 Å². The van der Waals surface area contributed by atoms with Gasteiger partial charge in [-0.05, 0) is 13.8 Å². The van der Waals surface area contributed by atoms with Gasteiger partial charge in [-0.25, -0.2) is 9.78 Å². The molecule has 18 heavy (non-hydrogen) atoms. The van der Waals surface area contributed by atoms with Gasteiger partial charge in [0.2, 0.25) is 0 Å². The quantitative estimate of drug-likeness (QED) is 0.863. The first-order valence-electron chi connectivity index (χ1n) is 5.12. The summed E-state index contributed by atoms with van der Waals surface area (Å²) < 4.78 is 40.9. The number of carbonyl (C=O) groups is 1. The topological polar surface area (TPSA) is 51.2 Å². The highest BCUT2D eigenvalue weighted by Gasteiger charge is 2.30. The van der Waals surface area contributed by atoms with Crippen LogP contribution < -0.4 is 5.32 Å². The van der Waals surface area contributed by atoms with Crippen molar-refractivity contribution < 1.29 is 22.7 Å². The average Bonchev–Trinajstić information content (AvgIpc) is 2.55. The molecule has 4 nitrogen and oxygen atoms in total. The van der Waals surface area contributed by atoms with Crippen molar-refractivity contribution in [2.24, 2.45) is 0 Å². The molecule has 0 spiro atoms. The van der Waals surface area contributed by atoms with E-state index in [1.165, 1.54) is 14.0 Å². The molecule has 0 aromatic carbocycles. The highest BCUT2D eigenvalue weighted by atomic mass is 32.1. The van der Waals surface area contributed by atoms with Crippen LogP contribution in [0.15, 0.2) is 0 Å². The fourth-order valence-corrected chi connectivity index (χ4v) is 2.27. The number of hydrogen-bond donors (Lipinski definition) is 1. The van der Waals surface area contributed by atoms with Crippen molar-refractivity contribution in [1.82, 2.24) is 4.98 Å². The van der Waals surface area contributed by atoms with Crippen LogP contribution in [-0.2, 0) is 4.74 Å². The van der Waals surface area contributed by atoms with Crippen LogP contribution in [0.3, 0.4) is 0 Å². The van der Waals surface area contributed by atoms with Gasteiger partial charge in [0.1, 0.15) is 0 Å². The predicted molar refractivity (Wildman–Crippen MR) is 61.9 cm³/mol. The summed E-state index contributed by atoms with van der Waals surface area (Å²) in [5.74, 6) is -0.597. The molecule has 0 bridgehead atoms. The Hall–Kier alpha value is -1.31. The van der Waals surface area contributed by atoms with E-state index in [0.717, 1.165) is 11.3 Å². The first kappa shape index (κ1) is 14.7. The fourth-order valence-electron chi connectivity index (χ4n) is 1.35. The molecule has 0 radical (unpaired) electrons. The van der Waals surface area contributed by atoms with Crippen molar-refractivity contribution in [3.05, 3.63) is 10.6 Å². The molecular formula is C10H13F3N2O2S. The zero-order chi connectivity index (χ0) is 13.9. The summed E-state index contributed by atoms with van der Waals surface area (Å²) in [6, 6.07) is -0.805. The Balaban J connectivity index is 2.72. The van der Waals surface area contributed by atoms with Gasteiger partial charge in [0.15, 0.2) is 10.8 Å². The van der Waals surface area contributed by atoms with E-state index in [-0.39, 0.29) is 10.8 Å². The molecule has 0 saturated carbocycles. The molecule has 1 atom stereocenters. The summed E-state index contributed by atoms with van der Waals surface area (Å²) in [7, 11) is 1.22. The lowest BCUT2D eigenvalue weighted by atomic mass is 10.2. The molecule has 0 saturated heterocycles. The molecule has 0 aliphatic carbocycles. The van der Waals surface area contributed by atoms with Gasteiger partial charge in [-0.3, -0.25) is 0 Å². The molecule has 1 aromatic heterocycles. The molecule has 0 aliphatic rings. The number of aromatic nitrogens is 1. The summed E-state index contributed by atoms with van der Waals surface area (Å²) in [6.45, 7) is 3.06. The summed E-state index contributed by atoms with van der Waals surface area (Å²) in [6.07, 6.45) is -5.19. The monoisotopic (exact) mass is 282 g/mol. The van der Waals surface area contributed by atoms with E-state index < -0.39 is 24.6 Å². The number of esters is 1. The standard InChI is InChI=1S/C10H13F3N2O2S/c1-5(4-10(11,12)13)14-9-15-7(6(2)18-9)8(16)17-3/h5H,4H2,1-3H3,(H,14,15). The highest BCUT2D eigenvalue weighted by molar-refractivity contribution is 7.15. The third kappa shape index (κ3) is 4.17. The zero-order valence-corrected chi connectivity index (χ0v) is 10.9. The molecule has 1 N–H and O–H groups in total. The number of hydrogen-bond acceptors (Lipinski definition) is 5. The lowest BCUT2D eigenvalue weighted by Gasteiger charge is -2.14. The fraction of sp³-hybridized carbons (Fsp3) is 0.600. The maximum absolute atomic E-state index is 12.1. The third-order valence-corrected chi connectivity index (χ3v) is 2.98. The number of rotatable bonds is 4. The van der Waals surface area contributed by atoms with E-state index in [1.54, 1.807) is 6.92 Å². The first-order valence-corrected chi connectivity index (χ1v) is 5.93. The molecule has 0 fully saturated rings. The van der Waals surface area contributed by atoms with Crippen LogP contribution in [0, 0.1) is 6.92 Å². The van der Waals surface area contributed by atoms with Gasteiger partial charge in [0.05, 0.1) is 13.5 Å². The highest BCUT2D eigenvalue weighted by Crippen LogP contribution is 2.26. The van der Waals surface area contributed by atoms with Crippen LogP contribution in [-0.4, -0.2) is 30.3 Å². The molecule has 1 rings (SSSR count). The minimum Gasteiger partial charge on any atom is -0.464 e. The Kier molecular flexibility index (Phi) is 4.55. The van der Waals surface area contributed by atoms with Gasteiger partial charge in [0, 0.05) is 10.9 Å². The molecule has 0 aliphatic heterocycles. The number of carbonyl (C=O) groups excluding carboxylic acids is 1. The lowest BCUT2D eigenvalue weighted by molar-refractivity contribution is -0.136. The van der Waals surface area contributed by atoms with E-state index in [0.29, 0.717) is 4.88 Å². The minimum absolute atomic E-state index is 0.129. The van der Waals surface area contributed by atoms with Crippen molar-refractivity contribution in [2.75, 3.05) is 12.4 Å².